The minimum atomic E-state index is 1.08. The molecule has 0 spiro atoms. The molecule has 1 heteroatoms. The molecule has 24 valence electrons. The Bertz CT molecular complexity index is 5.25. The quantitative estimate of drug-likeness (QED) is 0.390. The van der Waals surface area contributed by atoms with E-state index in [9.17, 15) is 0 Å². The Morgan fingerprint density at radius 3 is 2.00 bits per heavy atom. The summed E-state index contributed by atoms with van der Waals surface area (Å²) in [6.07, 6.45) is 1.08. The van der Waals surface area contributed by atoms with E-state index in [1.165, 1.54) is 6.04 Å². The Kier molecular flexibility index (Phi) is 3.39. The van der Waals surface area contributed by atoms with Gasteiger partial charge in [-0.1, -0.05) is 19.4 Å². The van der Waals surface area contributed by atoms with Crippen LogP contribution in [0.1, 0.15) is 6.42 Å². The first kappa shape index (κ1) is 4.22. The van der Waals surface area contributed by atoms with Crippen molar-refractivity contribution in [3.63, 3.8) is 0 Å². The summed E-state index contributed by atoms with van der Waals surface area (Å²) < 4.78 is 0. The lowest BCUT2D eigenvalue weighted by molar-refractivity contribution is 1.22. The second-order valence-corrected chi connectivity index (χ2v) is 1.41. The fourth-order valence-electron chi connectivity index (χ4n) is 0. The first-order valence-electron chi connectivity index (χ1n) is 1.50. The summed E-state index contributed by atoms with van der Waals surface area (Å²) in [6, 6.07) is 1.24. The van der Waals surface area contributed by atoms with Crippen molar-refractivity contribution in [2.24, 2.45) is 0 Å². The highest BCUT2D eigenvalue weighted by molar-refractivity contribution is 6.08. The third-order valence-electron chi connectivity index (χ3n) is 0.250. The molecule has 0 bridgehead atoms. The maximum Gasteiger partial charge on any atom is 0.00797 e. The molecular formula is C3H8Si. The number of rotatable bonds is 1. The molecule has 0 aliphatic carbocycles. The van der Waals surface area contributed by atoms with Crippen molar-refractivity contribution in [3.8, 4) is 0 Å². The van der Waals surface area contributed by atoms with Crippen LogP contribution in [0.3, 0.4) is 0 Å². The lowest BCUT2D eigenvalue weighted by Crippen LogP contribution is -1.55. The van der Waals surface area contributed by atoms with Gasteiger partial charge < -0.3 is 0 Å². The number of hydrogen-bond acceptors (Lipinski definition) is 0. The van der Waals surface area contributed by atoms with E-state index < -0.39 is 0 Å². The third-order valence-corrected chi connectivity index (χ3v) is 0.750. The van der Waals surface area contributed by atoms with E-state index in [2.05, 4.69) is 6.92 Å². The van der Waals surface area contributed by atoms with Gasteiger partial charge in [0.25, 0.3) is 0 Å². The van der Waals surface area contributed by atoms with Crippen LogP contribution < -0.4 is 0 Å². The van der Waals surface area contributed by atoms with Crippen LogP contribution in [0.5, 0.6) is 0 Å². The summed E-state index contributed by atoms with van der Waals surface area (Å²) in [4.78, 5) is 0. The van der Waals surface area contributed by atoms with Crippen molar-refractivity contribution in [3.05, 3.63) is 6.92 Å². The highest BCUT2D eigenvalue weighted by atomic mass is 28.1. The standard InChI is InChI=1S/C3H8Si/c1-2-3-4/h1-4H2. The Morgan fingerprint density at radius 1 is 1.75 bits per heavy atom. The summed E-state index contributed by atoms with van der Waals surface area (Å²) in [5.41, 5.74) is 0. The number of hydrogen-bond donors (Lipinski definition) is 0. The molecule has 0 amide bonds. The van der Waals surface area contributed by atoms with E-state index in [0.29, 0.717) is 0 Å². The van der Waals surface area contributed by atoms with Crippen LogP contribution in [0.15, 0.2) is 0 Å². The van der Waals surface area contributed by atoms with Crippen molar-refractivity contribution in [1.82, 2.24) is 0 Å². The van der Waals surface area contributed by atoms with Gasteiger partial charge in [-0.05, 0) is 0 Å². The first-order valence-corrected chi connectivity index (χ1v) is 2.50. The Hall–Kier alpha value is 0.217. The summed E-state index contributed by atoms with van der Waals surface area (Å²) >= 11 is 0. The van der Waals surface area contributed by atoms with Gasteiger partial charge in [-0.25, -0.2) is 0 Å². The van der Waals surface area contributed by atoms with E-state index in [-0.39, 0.29) is 0 Å². The van der Waals surface area contributed by atoms with Gasteiger partial charge in [-0.2, -0.15) is 0 Å². The predicted octanol–water partition coefficient (Wildman–Crippen LogP) is 0.262. The van der Waals surface area contributed by atoms with E-state index >= 15 is 0 Å². The maximum atomic E-state index is 3.61. The van der Waals surface area contributed by atoms with Crippen molar-refractivity contribution < 1.29 is 0 Å². The van der Waals surface area contributed by atoms with Crippen LogP contribution in [-0.4, -0.2) is 10.2 Å². The lowest BCUT2D eigenvalue weighted by atomic mass is 10.6. The van der Waals surface area contributed by atoms with Gasteiger partial charge in [0.1, 0.15) is 0 Å². The molecule has 0 aromatic heterocycles. The molecule has 0 aromatic carbocycles. The smallest absolute Gasteiger partial charge is 0.00797 e. The highest BCUT2D eigenvalue weighted by Gasteiger charge is 1.57. The Labute approximate surface area is 30.6 Å². The minimum absolute atomic E-state index is 1.08. The van der Waals surface area contributed by atoms with Crippen molar-refractivity contribution in [2.75, 3.05) is 0 Å². The summed E-state index contributed by atoms with van der Waals surface area (Å²) in [5, 5.41) is 0. The maximum absolute atomic E-state index is 3.61. The van der Waals surface area contributed by atoms with Crippen molar-refractivity contribution >= 4 is 10.2 Å². The summed E-state index contributed by atoms with van der Waals surface area (Å²) in [6.45, 7) is 3.61. The molecule has 0 nitrogen and oxygen atoms in total. The van der Waals surface area contributed by atoms with Gasteiger partial charge in [0.2, 0.25) is 0 Å². The van der Waals surface area contributed by atoms with E-state index in [1.807, 2.05) is 10.2 Å². The molecule has 0 fully saturated rings. The molecule has 0 unspecified atom stereocenters. The van der Waals surface area contributed by atoms with E-state index in [4.69, 9.17) is 0 Å². The van der Waals surface area contributed by atoms with Crippen molar-refractivity contribution in [2.45, 2.75) is 12.5 Å². The third kappa shape index (κ3) is 2.22. The van der Waals surface area contributed by atoms with Gasteiger partial charge in [-0.3, -0.25) is 0 Å². The second kappa shape index (κ2) is 3.22. The average molecular weight is 72.2 g/mol. The van der Waals surface area contributed by atoms with Crippen LogP contribution in [0, 0.1) is 6.92 Å². The fourth-order valence-corrected chi connectivity index (χ4v) is 0. The molecule has 0 saturated heterocycles. The summed E-state index contributed by atoms with van der Waals surface area (Å²) in [5.74, 6) is 0. The molecule has 0 atom stereocenters. The molecule has 0 rings (SSSR count). The zero-order chi connectivity index (χ0) is 3.41. The molecule has 0 aromatic rings. The van der Waals surface area contributed by atoms with Gasteiger partial charge in [-0.15, -0.1) is 0 Å². The van der Waals surface area contributed by atoms with Crippen LogP contribution in [0.25, 0.3) is 0 Å². The minimum Gasteiger partial charge on any atom is -0.0652 e. The molecule has 0 heterocycles. The lowest BCUT2D eigenvalue weighted by Gasteiger charge is -1.67. The van der Waals surface area contributed by atoms with Crippen LogP contribution in [0.2, 0.25) is 6.04 Å². The van der Waals surface area contributed by atoms with Crippen LogP contribution >= 0.6 is 0 Å². The monoisotopic (exact) mass is 72.0 g/mol. The zero-order valence-electron chi connectivity index (χ0n) is 2.83. The molecule has 0 N–H and O–H groups in total. The van der Waals surface area contributed by atoms with E-state index in [0.717, 1.165) is 6.42 Å². The van der Waals surface area contributed by atoms with E-state index in [1.54, 1.807) is 0 Å². The van der Waals surface area contributed by atoms with Crippen molar-refractivity contribution in [1.29, 1.82) is 0 Å². The molecule has 0 saturated carbocycles. The molecule has 0 aliphatic heterocycles. The summed E-state index contributed by atoms with van der Waals surface area (Å²) in [7, 11) is 1.96. The van der Waals surface area contributed by atoms with Gasteiger partial charge >= 0.3 is 0 Å². The Balaban J connectivity index is 1.97. The largest absolute Gasteiger partial charge is 0.0652 e. The SMILES string of the molecule is [CH2]CC[SiH2]. The van der Waals surface area contributed by atoms with Gasteiger partial charge in [0.05, 0.1) is 0 Å². The normalized spacial score (nSPS) is 7.50. The van der Waals surface area contributed by atoms with Gasteiger partial charge in [0, 0.05) is 10.2 Å². The van der Waals surface area contributed by atoms with Crippen LogP contribution in [0.4, 0.5) is 0 Å². The fraction of sp³-hybridized carbons (Fsp3) is 0.667. The molecule has 4 heavy (non-hydrogen) atoms. The topological polar surface area (TPSA) is 0 Å². The highest BCUT2D eigenvalue weighted by Crippen LogP contribution is 1.72. The zero-order valence-corrected chi connectivity index (χ0v) is 4.24. The first-order chi connectivity index (χ1) is 1.91. The average Bonchev–Trinajstić information content (AvgIpc) is 1.37. The van der Waals surface area contributed by atoms with Gasteiger partial charge in [0.15, 0.2) is 0 Å². The molecule has 0 aliphatic rings. The second-order valence-electron chi connectivity index (χ2n) is 0.707. The van der Waals surface area contributed by atoms with Crippen LogP contribution in [-0.2, 0) is 0 Å². The Morgan fingerprint density at radius 2 is 2.00 bits per heavy atom. The predicted molar refractivity (Wildman–Crippen MR) is 23.3 cm³/mol. The molecule has 2 radical (unpaired) electrons. The molecular weight excluding hydrogens is 64.1 g/mol.